The Labute approximate surface area is 180 Å². The second-order valence-electron chi connectivity index (χ2n) is 6.62. The zero-order chi connectivity index (χ0) is 21.6. The minimum absolute atomic E-state index is 0.0242. The summed E-state index contributed by atoms with van der Waals surface area (Å²) >= 11 is 12.3. The van der Waals surface area contributed by atoms with Crippen LogP contribution in [0.5, 0.6) is 0 Å². The smallest absolute Gasteiger partial charge is 0.266 e. The van der Waals surface area contributed by atoms with Gasteiger partial charge in [0, 0.05) is 17.8 Å². The minimum Gasteiger partial charge on any atom is -0.288 e. The van der Waals surface area contributed by atoms with Crippen molar-refractivity contribution < 1.29 is 18.4 Å². The highest BCUT2D eigenvalue weighted by Gasteiger charge is 2.26. The number of carbonyl (C=O) groups excluding carboxylic acids is 2. The molecule has 0 radical (unpaired) electrons. The number of fused-ring (bicyclic) bond motifs is 1. The summed E-state index contributed by atoms with van der Waals surface area (Å²) in [4.78, 5) is 30.5. The predicted molar refractivity (Wildman–Crippen MR) is 114 cm³/mol. The normalized spacial score (nSPS) is 11.1. The van der Waals surface area contributed by atoms with Gasteiger partial charge in [0.2, 0.25) is 5.78 Å². The van der Waals surface area contributed by atoms with Crippen molar-refractivity contribution in [1.82, 2.24) is 9.55 Å². The summed E-state index contributed by atoms with van der Waals surface area (Å²) in [5.41, 5.74) is 0.0902. The second kappa shape index (κ2) is 7.67. The molecule has 4 rings (SSSR count). The molecule has 0 saturated carbocycles. The molecule has 0 aliphatic carbocycles. The molecule has 0 atom stereocenters. The van der Waals surface area contributed by atoms with Crippen LogP contribution < -0.4 is 5.46 Å². The number of nitrogens with zero attached hydrogens (tertiary/aromatic N) is 2. The van der Waals surface area contributed by atoms with E-state index in [0.29, 0.717) is 5.46 Å². The fourth-order valence-electron chi connectivity index (χ4n) is 3.22. The van der Waals surface area contributed by atoms with E-state index in [9.17, 15) is 18.4 Å². The Morgan fingerprint density at radius 3 is 2.20 bits per heavy atom. The number of halogens is 4. The Morgan fingerprint density at radius 1 is 0.967 bits per heavy atom. The molecule has 0 saturated heterocycles. The SMILES string of the molecule is Bc1cnc2c(c1)c(C(=O)c1c(F)cccc1F)cn2C(=O)c1c(Cl)cccc1Cl. The van der Waals surface area contributed by atoms with Gasteiger partial charge in [-0.15, -0.1) is 0 Å². The molecule has 30 heavy (non-hydrogen) atoms. The molecule has 4 aromatic rings. The van der Waals surface area contributed by atoms with Gasteiger partial charge in [-0.1, -0.05) is 46.9 Å². The van der Waals surface area contributed by atoms with Gasteiger partial charge in [0.1, 0.15) is 25.1 Å². The monoisotopic (exact) mass is 442 g/mol. The first kappa shape index (κ1) is 20.3. The van der Waals surface area contributed by atoms with Crippen LogP contribution in [0, 0.1) is 11.6 Å². The van der Waals surface area contributed by atoms with Gasteiger partial charge in [0.25, 0.3) is 5.91 Å². The van der Waals surface area contributed by atoms with Crippen molar-refractivity contribution in [2.75, 3.05) is 0 Å². The molecule has 148 valence electrons. The third kappa shape index (κ3) is 3.30. The lowest BCUT2D eigenvalue weighted by Gasteiger charge is -2.07. The third-order valence-electron chi connectivity index (χ3n) is 4.61. The van der Waals surface area contributed by atoms with Gasteiger partial charge in [0.05, 0.1) is 26.7 Å². The third-order valence-corrected chi connectivity index (χ3v) is 5.24. The van der Waals surface area contributed by atoms with Crippen molar-refractivity contribution in [2.24, 2.45) is 0 Å². The number of rotatable bonds is 3. The van der Waals surface area contributed by atoms with Crippen LogP contribution in [0.1, 0.15) is 26.3 Å². The van der Waals surface area contributed by atoms with Crippen LogP contribution in [-0.4, -0.2) is 29.1 Å². The lowest BCUT2D eigenvalue weighted by atomic mass is 9.95. The van der Waals surface area contributed by atoms with Crippen LogP contribution in [0.25, 0.3) is 11.0 Å². The Kier molecular flexibility index (Phi) is 5.18. The topological polar surface area (TPSA) is 52.0 Å². The van der Waals surface area contributed by atoms with Crippen LogP contribution >= 0.6 is 23.2 Å². The second-order valence-corrected chi connectivity index (χ2v) is 7.44. The van der Waals surface area contributed by atoms with E-state index < -0.39 is 28.9 Å². The summed E-state index contributed by atoms with van der Waals surface area (Å²) in [5, 5.41) is 0.517. The number of hydrogen-bond acceptors (Lipinski definition) is 3. The van der Waals surface area contributed by atoms with Crippen molar-refractivity contribution >= 4 is 59.2 Å². The zero-order valence-electron chi connectivity index (χ0n) is 15.4. The van der Waals surface area contributed by atoms with E-state index in [-0.39, 0.29) is 32.2 Å². The van der Waals surface area contributed by atoms with Gasteiger partial charge < -0.3 is 0 Å². The number of aromatic nitrogens is 2. The predicted octanol–water partition coefficient (Wildman–Crippen LogP) is 3.80. The quantitative estimate of drug-likeness (QED) is 0.358. The van der Waals surface area contributed by atoms with Gasteiger partial charge in [-0.3, -0.25) is 14.2 Å². The van der Waals surface area contributed by atoms with Gasteiger partial charge in [0.15, 0.2) is 0 Å². The molecular formula is C21H11BCl2F2N2O2. The maximum Gasteiger partial charge on any atom is 0.266 e. The van der Waals surface area contributed by atoms with Gasteiger partial charge in [-0.25, -0.2) is 13.8 Å². The van der Waals surface area contributed by atoms with Crippen LogP contribution in [0.2, 0.25) is 10.0 Å². The average molecular weight is 443 g/mol. The van der Waals surface area contributed by atoms with E-state index in [1.807, 2.05) is 0 Å². The number of carbonyl (C=O) groups is 2. The summed E-state index contributed by atoms with van der Waals surface area (Å²) in [6.07, 6.45) is 2.71. The van der Waals surface area contributed by atoms with E-state index >= 15 is 0 Å². The van der Waals surface area contributed by atoms with Crippen LogP contribution in [0.3, 0.4) is 0 Å². The summed E-state index contributed by atoms with van der Waals surface area (Å²) in [7, 11) is 1.74. The Bertz CT molecular complexity index is 1310. The molecule has 0 aliphatic rings. The van der Waals surface area contributed by atoms with Gasteiger partial charge >= 0.3 is 0 Å². The fraction of sp³-hybridized carbons (Fsp3) is 0. The maximum absolute atomic E-state index is 14.2. The van der Waals surface area contributed by atoms with Gasteiger partial charge in [-0.2, -0.15) is 0 Å². The number of benzene rings is 2. The molecule has 0 N–H and O–H groups in total. The summed E-state index contributed by atoms with van der Waals surface area (Å²) < 4.78 is 29.5. The molecule has 0 spiro atoms. The molecule has 0 unspecified atom stereocenters. The van der Waals surface area contributed by atoms with Crippen molar-refractivity contribution in [3.63, 3.8) is 0 Å². The van der Waals surface area contributed by atoms with Crippen molar-refractivity contribution in [3.05, 3.63) is 93.2 Å². The highest BCUT2D eigenvalue weighted by Crippen LogP contribution is 2.29. The molecule has 2 aromatic carbocycles. The zero-order valence-corrected chi connectivity index (χ0v) is 16.9. The Hall–Kier alpha value is -3.03. The average Bonchev–Trinajstić information content (AvgIpc) is 3.06. The molecule has 2 heterocycles. The molecule has 9 heteroatoms. The first-order chi connectivity index (χ1) is 14.3. The van der Waals surface area contributed by atoms with Gasteiger partial charge in [-0.05, 0) is 24.3 Å². The van der Waals surface area contributed by atoms with E-state index in [0.717, 1.165) is 16.7 Å². The number of pyridine rings is 1. The molecule has 4 nitrogen and oxygen atoms in total. The van der Waals surface area contributed by atoms with Crippen molar-refractivity contribution in [3.8, 4) is 0 Å². The largest absolute Gasteiger partial charge is 0.288 e. The molecule has 2 aromatic heterocycles. The first-order valence-electron chi connectivity index (χ1n) is 8.74. The van der Waals surface area contributed by atoms with E-state index in [4.69, 9.17) is 23.2 Å². The highest BCUT2D eigenvalue weighted by molar-refractivity contribution is 6.40. The van der Waals surface area contributed by atoms with Crippen molar-refractivity contribution in [1.29, 1.82) is 0 Å². The lowest BCUT2D eigenvalue weighted by molar-refractivity contribution is 0.0964. The highest BCUT2D eigenvalue weighted by atomic mass is 35.5. The molecule has 0 aliphatic heterocycles. The minimum atomic E-state index is -0.998. The number of hydrogen-bond donors (Lipinski definition) is 0. The standard InChI is InChI=1S/C21H11BCl2F2N2O2/c22-10-7-11-12(19(29)18-15(25)5-2-6-16(18)26)9-28(20(11)27-8-10)21(30)17-13(23)3-1-4-14(17)24/h1-9H,22H2. The summed E-state index contributed by atoms with van der Waals surface area (Å²) in [5.74, 6) is -3.52. The molecular weight excluding hydrogens is 432 g/mol. The van der Waals surface area contributed by atoms with E-state index in [1.165, 1.54) is 30.6 Å². The summed E-state index contributed by atoms with van der Waals surface area (Å²) in [6, 6.07) is 9.37. The van der Waals surface area contributed by atoms with Crippen molar-refractivity contribution in [2.45, 2.75) is 0 Å². The Balaban J connectivity index is 1.97. The van der Waals surface area contributed by atoms with Crippen LogP contribution in [0.4, 0.5) is 8.78 Å². The van der Waals surface area contributed by atoms with E-state index in [2.05, 4.69) is 4.98 Å². The molecule has 0 amide bonds. The van der Waals surface area contributed by atoms with Crippen LogP contribution in [0.15, 0.2) is 54.9 Å². The number of ketones is 1. The maximum atomic E-state index is 14.2. The lowest BCUT2D eigenvalue weighted by Crippen LogP contribution is -2.13. The molecule has 0 bridgehead atoms. The molecule has 0 fully saturated rings. The van der Waals surface area contributed by atoms with E-state index in [1.54, 1.807) is 20.0 Å². The first-order valence-corrected chi connectivity index (χ1v) is 9.50. The van der Waals surface area contributed by atoms with Crippen LogP contribution in [-0.2, 0) is 0 Å². The summed E-state index contributed by atoms with van der Waals surface area (Å²) in [6.45, 7) is 0. The fourth-order valence-corrected chi connectivity index (χ4v) is 3.78. The Morgan fingerprint density at radius 2 is 1.57 bits per heavy atom.